The largest absolute Gasteiger partial charge is 0.289 e. The van der Waals surface area contributed by atoms with Gasteiger partial charge < -0.3 is 0 Å². The van der Waals surface area contributed by atoms with Gasteiger partial charge in [0.2, 0.25) is 0 Å². The van der Waals surface area contributed by atoms with Crippen LogP contribution in [0.1, 0.15) is 51.3 Å². The summed E-state index contributed by atoms with van der Waals surface area (Å²) in [5, 5.41) is 0. The first kappa shape index (κ1) is 13.2. The van der Waals surface area contributed by atoms with Crippen molar-refractivity contribution in [3.05, 3.63) is 70.3 Å². The maximum Gasteiger partial charge on any atom is 0.194 e. The van der Waals surface area contributed by atoms with Crippen molar-refractivity contribution in [2.45, 2.75) is 20.8 Å². The molecule has 1 aliphatic rings. The van der Waals surface area contributed by atoms with Gasteiger partial charge in [0.15, 0.2) is 11.6 Å². The molecule has 2 nitrogen and oxygen atoms in total. The lowest BCUT2D eigenvalue weighted by molar-refractivity contribution is 0.0979. The summed E-state index contributed by atoms with van der Waals surface area (Å²) in [5.74, 6) is -0.117. The van der Waals surface area contributed by atoms with E-state index in [1.54, 1.807) is 36.4 Å². The quantitative estimate of drug-likeness (QED) is 0.610. The minimum atomic E-state index is -0.0600. The molecule has 2 aromatic carbocycles. The van der Waals surface area contributed by atoms with Gasteiger partial charge in [-0.25, -0.2) is 0 Å². The number of carbonyl (C=O) groups excluding carboxylic acids is 2. The summed E-state index contributed by atoms with van der Waals surface area (Å²) in [4.78, 5) is 24.5. The Morgan fingerprint density at radius 3 is 1.74 bits per heavy atom. The first-order valence-corrected chi connectivity index (χ1v) is 6.47. The Labute approximate surface area is 113 Å². The molecule has 0 aliphatic heterocycles. The zero-order valence-electron chi connectivity index (χ0n) is 11.4. The highest BCUT2D eigenvalue weighted by molar-refractivity contribution is 6.28. The van der Waals surface area contributed by atoms with Crippen LogP contribution in [0.25, 0.3) is 0 Å². The third kappa shape index (κ3) is 2.10. The van der Waals surface area contributed by atoms with Crippen molar-refractivity contribution in [2.75, 3.05) is 0 Å². The Hall–Kier alpha value is -2.22. The van der Waals surface area contributed by atoms with Gasteiger partial charge in [-0.15, -0.1) is 0 Å². The molecule has 0 unspecified atom stereocenters. The summed E-state index contributed by atoms with van der Waals surface area (Å²) in [6.45, 7) is 5.92. The SMILES string of the molecule is CC.Cc1ccc2c(c1)C(=O)c1ccccc1C2=O. The van der Waals surface area contributed by atoms with Crippen LogP contribution in [-0.4, -0.2) is 11.6 Å². The molecule has 0 bridgehead atoms. The van der Waals surface area contributed by atoms with Gasteiger partial charge >= 0.3 is 0 Å². The van der Waals surface area contributed by atoms with Gasteiger partial charge in [0.05, 0.1) is 0 Å². The molecule has 0 spiro atoms. The number of benzene rings is 2. The number of hydrogen-bond donors (Lipinski definition) is 0. The number of ketones is 2. The van der Waals surface area contributed by atoms with Gasteiger partial charge in [-0.2, -0.15) is 0 Å². The Balaban J connectivity index is 0.000000637. The molecule has 0 fully saturated rings. The highest BCUT2D eigenvalue weighted by atomic mass is 16.1. The molecule has 19 heavy (non-hydrogen) atoms. The molecule has 2 heteroatoms. The molecule has 0 saturated carbocycles. The van der Waals surface area contributed by atoms with Gasteiger partial charge in [0, 0.05) is 22.3 Å². The standard InChI is InChI=1S/C15H10O2.C2H6/c1-9-6-7-12-13(8-9)15(17)11-5-3-2-4-10(11)14(12)16;1-2/h2-8H,1H3;1-2H3. The van der Waals surface area contributed by atoms with E-state index >= 15 is 0 Å². The number of rotatable bonds is 0. The van der Waals surface area contributed by atoms with Crippen LogP contribution in [0.3, 0.4) is 0 Å². The average Bonchev–Trinajstić information content (AvgIpc) is 2.47. The van der Waals surface area contributed by atoms with Gasteiger partial charge in [-0.05, 0) is 13.0 Å². The summed E-state index contributed by atoms with van der Waals surface area (Å²) in [5.41, 5.74) is 3.04. The van der Waals surface area contributed by atoms with Crippen molar-refractivity contribution in [3.63, 3.8) is 0 Å². The van der Waals surface area contributed by atoms with Crippen LogP contribution >= 0.6 is 0 Å². The second kappa shape index (κ2) is 5.19. The fraction of sp³-hybridized carbons (Fsp3) is 0.176. The maximum absolute atomic E-state index is 12.3. The molecule has 0 N–H and O–H groups in total. The van der Waals surface area contributed by atoms with Gasteiger partial charge in [0.1, 0.15) is 0 Å². The second-order valence-electron chi connectivity index (χ2n) is 4.25. The van der Waals surface area contributed by atoms with Gasteiger partial charge in [-0.3, -0.25) is 9.59 Å². The van der Waals surface area contributed by atoms with Crippen molar-refractivity contribution in [3.8, 4) is 0 Å². The monoisotopic (exact) mass is 252 g/mol. The van der Waals surface area contributed by atoms with Crippen LogP contribution in [0.2, 0.25) is 0 Å². The van der Waals surface area contributed by atoms with E-state index in [1.807, 2.05) is 26.8 Å². The van der Waals surface area contributed by atoms with Crippen LogP contribution in [0, 0.1) is 6.92 Å². The van der Waals surface area contributed by atoms with Gasteiger partial charge in [-0.1, -0.05) is 55.8 Å². The highest BCUT2D eigenvalue weighted by Crippen LogP contribution is 2.27. The van der Waals surface area contributed by atoms with Crippen LogP contribution < -0.4 is 0 Å². The molecule has 0 amide bonds. The third-order valence-corrected chi connectivity index (χ3v) is 3.08. The summed E-state index contributed by atoms with van der Waals surface area (Å²) >= 11 is 0. The minimum Gasteiger partial charge on any atom is -0.289 e. The fourth-order valence-electron chi connectivity index (χ4n) is 2.21. The van der Waals surface area contributed by atoms with Crippen molar-refractivity contribution in [2.24, 2.45) is 0 Å². The molecule has 0 aromatic heterocycles. The Kier molecular flexibility index (Phi) is 3.61. The van der Waals surface area contributed by atoms with Crippen LogP contribution in [0.4, 0.5) is 0 Å². The molecule has 0 heterocycles. The molecule has 0 atom stereocenters. The lowest BCUT2D eigenvalue weighted by Crippen LogP contribution is -2.20. The topological polar surface area (TPSA) is 34.1 Å². The number of carbonyl (C=O) groups is 2. The van der Waals surface area contributed by atoms with E-state index in [1.165, 1.54) is 0 Å². The van der Waals surface area contributed by atoms with Crippen molar-refractivity contribution < 1.29 is 9.59 Å². The zero-order chi connectivity index (χ0) is 14.0. The normalized spacial score (nSPS) is 12.2. The van der Waals surface area contributed by atoms with Crippen molar-refractivity contribution >= 4 is 11.6 Å². The molecule has 1 aliphatic carbocycles. The van der Waals surface area contributed by atoms with Crippen molar-refractivity contribution in [1.82, 2.24) is 0 Å². The molecule has 2 aromatic rings. The van der Waals surface area contributed by atoms with Gasteiger partial charge in [0.25, 0.3) is 0 Å². The Bertz CT molecular complexity index is 654. The second-order valence-corrected chi connectivity index (χ2v) is 4.25. The smallest absolute Gasteiger partial charge is 0.194 e. The van der Waals surface area contributed by atoms with Crippen LogP contribution in [0.15, 0.2) is 42.5 Å². The van der Waals surface area contributed by atoms with Crippen LogP contribution in [-0.2, 0) is 0 Å². The fourth-order valence-corrected chi connectivity index (χ4v) is 2.21. The molecule has 0 saturated heterocycles. The third-order valence-electron chi connectivity index (χ3n) is 3.08. The van der Waals surface area contributed by atoms with E-state index in [4.69, 9.17) is 0 Å². The minimum absolute atomic E-state index is 0.0566. The van der Waals surface area contributed by atoms with E-state index in [9.17, 15) is 9.59 Å². The predicted molar refractivity (Wildman–Crippen MR) is 75.8 cm³/mol. The lowest BCUT2D eigenvalue weighted by Gasteiger charge is -2.17. The summed E-state index contributed by atoms with van der Waals surface area (Å²) < 4.78 is 0. The molecular formula is C17H16O2. The molecular weight excluding hydrogens is 236 g/mol. The predicted octanol–water partition coefficient (Wildman–Crippen LogP) is 3.80. The Morgan fingerprint density at radius 2 is 1.16 bits per heavy atom. The molecule has 0 radical (unpaired) electrons. The first-order chi connectivity index (χ1) is 9.18. The lowest BCUT2D eigenvalue weighted by atomic mass is 9.83. The maximum atomic E-state index is 12.3. The first-order valence-electron chi connectivity index (χ1n) is 6.47. The number of hydrogen-bond acceptors (Lipinski definition) is 2. The van der Waals surface area contributed by atoms with Crippen molar-refractivity contribution in [1.29, 1.82) is 0 Å². The molecule has 96 valence electrons. The summed E-state index contributed by atoms with van der Waals surface area (Å²) in [6, 6.07) is 12.4. The number of fused-ring (bicyclic) bond motifs is 2. The Morgan fingerprint density at radius 1 is 0.684 bits per heavy atom. The zero-order valence-corrected chi connectivity index (χ0v) is 11.4. The summed E-state index contributed by atoms with van der Waals surface area (Å²) in [6.07, 6.45) is 0. The van der Waals surface area contributed by atoms with E-state index in [-0.39, 0.29) is 11.6 Å². The van der Waals surface area contributed by atoms with Crippen LogP contribution in [0.5, 0.6) is 0 Å². The van der Waals surface area contributed by atoms with E-state index < -0.39 is 0 Å². The van der Waals surface area contributed by atoms with E-state index in [0.29, 0.717) is 22.3 Å². The summed E-state index contributed by atoms with van der Waals surface area (Å²) in [7, 11) is 0. The number of aryl methyl sites for hydroxylation is 1. The van der Waals surface area contributed by atoms with E-state index in [2.05, 4.69) is 0 Å². The highest BCUT2D eigenvalue weighted by Gasteiger charge is 2.28. The molecule has 3 rings (SSSR count). The van der Waals surface area contributed by atoms with E-state index in [0.717, 1.165) is 5.56 Å². The average molecular weight is 252 g/mol.